The second kappa shape index (κ2) is 30.5. The van der Waals surface area contributed by atoms with Crippen molar-refractivity contribution in [2.24, 2.45) is 5.41 Å². The normalized spacial score (nSPS) is 12.0. The summed E-state index contributed by atoms with van der Waals surface area (Å²) in [6.07, 6.45) is 44.2. The first-order valence-electron chi connectivity index (χ1n) is 17.9. The van der Waals surface area contributed by atoms with Gasteiger partial charge in [-0.3, -0.25) is 0 Å². The van der Waals surface area contributed by atoms with Crippen LogP contribution in [0.3, 0.4) is 0 Å². The van der Waals surface area contributed by atoms with Gasteiger partial charge in [-0.05, 0) is 37.5 Å². The Kier molecular flexibility index (Phi) is 30.5. The maximum atomic E-state index is 9.06. The Bertz CT molecular complexity index is 326. The SMILES string of the molecule is CCCCCCCCCC(CCCCCCCCC)(CCCCCCCCC)CCCCCCCCO. The van der Waals surface area contributed by atoms with Crippen molar-refractivity contribution in [1.29, 1.82) is 0 Å². The highest BCUT2D eigenvalue weighted by Crippen LogP contribution is 2.42. The fourth-order valence-electron chi connectivity index (χ4n) is 6.44. The van der Waals surface area contributed by atoms with E-state index in [0.29, 0.717) is 12.0 Å². The Labute approximate surface area is 236 Å². The van der Waals surface area contributed by atoms with E-state index in [9.17, 15) is 0 Å². The van der Waals surface area contributed by atoms with Crippen LogP contribution in [0.4, 0.5) is 0 Å². The Morgan fingerprint density at radius 3 is 0.757 bits per heavy atom. The molecule has 1 heteroatoms. The second-order valence-corrected chi connectivity index (χ2v) is 12.7. The molecule has 37 heavy (non-hydrogen) atoms. The topological polar surface area (TPSA) is 20.2 Å². The van der Waals surface area contributed by atoms with Gasteiger partial charge in [-0.2, -0.15) is 0 Å². The van der Waals surface area contributed by atoms with Crippen LogP contribution in [0.1, 0.15) is 220 Å². The Hall–Kier alpha value is -0.0400. The maximum absolute atomic E-state index is 9.06. The summed E-state index contributed by atoms with van der Waals surface area (Å²) in [4.78, 5) is 0. The van der Waals surface area contributed by atoms with Crippen LogP contribution in [0.25, 0.3) is 0 Å². The van der Waals surface area contributed by atoms with Gasteiger partial charge in [0.2, 0.25) is 0 Å². The molecular formula is C36H74O. The molecule has 0 radical (unpaired) electrons. The van der Waals surface area contributed by atoms with Crippen LogP contribution in [0.15, 0.2) is 0 Å². The molecule has 0 unspecified atom stereocenters. The van der Waals surface area contributed by atoms with Crippen molar-refractivity contribution in [2.45, 2.75) is 220 Å². The van der Waals surface area contributed by atoms with Gasteiger partial charge in [0.25, 0.3) is 0 Å². The lowest BCUT2D eigenvalue weighted by Gasteiger charge is -2.35. The predicted octanol–water partition coefficient (Wildman–Crippen LogP) is 13.1. The van der Waals surface area contributed by atoms with Crippen LogP contribution >= 0.6 is 0 Å². The minimum atomic E-state index is 0.373. The molecule has 1 N–H and O–H groups in total. The van der Waals surface area contributed by atoms with Crippen molar-refractivity contribution in [2.75, 3.05) is 6.61 Å². The van der Waals surface area contributed by atoms with Gasteiger partial charge in [0.15, 0.2) is 0 Å². The maximum Gasteiger partial charge on any atom is 0.0431 e. The number of unbranched alkanes of at least 4 members (excludes halogenated alkanes) is 23. The van der Waals surface area contributed by atoms with Crippen LogP contribution in [0.2, 0.25) is 0 Å². The van der Waals surface area contributed by atoms with Crippen molar-refractivity contribution >= 4 is 0 Å². The van der Waals surface area contributed by atoms with Crippen molar-refractivity contribution in [3.8, 4) is 0 Å². The molecule has 0 saturated heterocycles. The van der Waals surface area contributed by atoms with E-state index in [1.54, 1.807) is 0 Å². The Morgan fingerprint density at radius 2 is 0.514 bits per heavy atom. The molecule has 0 bridgehead atoms. The zero-order valence-corrected chi connectivity index (χ0v) is 26.6. The van der Waals surface area contributed by atoms with E-state index >= 15 is 0 Å². The lowest BCUT2D eigenvalue weighted by Crippen LogP contribution is -2.21. The number of aliphatic hydroxyl groups is 1. The molecule has 0 fully saturated rings. The van der Waals surface area contributed by atoms with Crippen LogP contribution < -0.4 is 0 Å². The summed E-state index contributed by atoms with van der Waals surface area (Å²) in [5, 5.41) is 9.06. The third kappa shape index (κ3) is 26.0. The molecule has 0 rings (SSSR count). The largest absolute Gasteiger partial charge is 0.396 e. The van der Waals surface area contributed by atoms with Crippen molar-refractivity contribution in [3.05, 3.63) is 0 Å². The van der Waals surface area contributed by atoms with E-state index in [2.05, 4.69) is 20.8 Å². The molecule has 0 aliphatic carbocycles. The predicted molar refractivity (Wildman–Crippen MR) is 170 cm³/mol. The van der Waals surface area contributed by atoms with Crippen LogP contribution in [0, 0.1) is 5.41 Å². The van der Waals surface area contributed by atoms with Crippen molar-refractivity contribution in [3.63, 3.8) is 0 Å². The fraction of sp³-hybridized carbons (Fsp3) is 1.00. The van der Waals surface area contributed by atoms with Gasteiger partial charge in [0.05, 0.1) is 0 Å². The van der Waals surface area contributed by atoms with Crippen molar-refractivity contribution < 1.29 is 5.11 Å². The highest BCUT2D eigenvalue weighted by Gasteiger charge is 2.28. The molecule has 0 aromatic heterocycles. The Morgan fingerprint density at radius 1 is 0.297 bits per heavy atom. The number of hydrogen-bond donors (Lipinski definition) is 1. The van der Waals surface area contributed by atoms with Gasteiger partial charge in [0, 0.05) is 6.61 Å². The molecule has 0 atom stereocenters. The molecule has 0 aromatic rings. The fourth-order valence-corrected chi connectivity index (χ4v) is 6.44. The lowest BCUT2D eigenvalue weighted by molar-refractivity contribution is 0.171. The molecule has 0 saturated carbocycles. The zero-order valence-electron chi connectivity index (χ0n) is 26.6. The molecule has 1 nitrogen and oxygen atoms in total. The van der Waals surface area contributed by atoms with Crippen LogP contribution in [0.5, 0.6) is 0 Å². The first-order valence-corrected chi connectivity index (χ1v) is 17.9. The first-order chi connectivity index (χ1) is 18.2. The number of rotatable bonds is 32. The summed E-state index contributed by atoms with van der Waals surface area (Å²) >= 11 is 0. The minimum Gasteiger partial charge on any atom is -0.396 e. The van der Waals surface area contributed by atoms with E-state index in [1.165, 1.54) is 193 Å². The van der Waals surface area contributed by atoms with Crippen LogP contribution in [-0.2, 0) is 0 Å². The smallest absolute Gasteiger partial charge is 0.0431 e. The molecule has 0 amide bonds. The molecule has 0 spiro atoms. The molecular weight excluding hydrogens is 448 g/mol. The summed E-state index contributed by atoms with van der Waals surface area (Å²) in [5.41, 5.74) is 0.640. The quantitative estimate of drug-likeness (QED) is 0.0871. The number of aliphatic hydroxyl groups excluding tert-OH is 1. The summed E-state index contributed by atoms with van der Waals surface area (Å²) in [5.74, 6) is 0. The van der Waals surface area contributed by atoms with Gasteiger partial charge in [0.1, 0.15) is 0 Å². The van der Waals surface area contributed by atoms with E-state index in [-0.39, 0.29) is 0 Å². The third-order valence-electron chi connectivity index (χ3n) is 9.05. The monoisotopic (exact) mass is 523 g/mol. The molecule has 224 valence electrons. The minimum absolute atomic E-state index is 0.373. The lowest BCUT2D eigenvalue weighted by atomic mass is 9.70. The van der Waals surface area contributed by atoms with Crippen LogP contribution in [-0.4, -0.2) is 11.7 Å². The van der Waals surface area contributed by atoms with E-state index in [4.69, 9.17) is 5.11 Å². The highest BCUT2D eigenvalue weighted by molar-refractivity contribution is 4.80. The molecule has 0 aliphatic rings. The van der Waals surface area contributed by atoms with E-state index in [0.717, 1.165) is 6.42 Å². The Balaban J connectivity index is 4.78. The highest BCUT2D eigenvalue weighted by atomic mass is 16.2. The molecule has 0 heterocycles. The average Bonchev–Trinajstić information content (AvgIpc) is 2.91. The summed E-state index contributed by atoms with van der Waals surface area (Å²) < 4.78 is 0. The average molecular weight is 523 g/mol. The summed E-state index contributed by atoms with van der Waals surface area (Å²) in [6.45, 7) is 7.36. The van der Waals surface area contributed by atoms with E-state index < -0.39 is 0 Å². The van der Waals surface area contributed by atoms with Crippen molar-refractivity contribution in [1.82, 2.24) is 0 Å². The third-order valence-corrected chi connectivity index (χ3v) is 9.05. The second-order valence-electron chi connectivity index (χ2n) is 12.7. The molecule has 0 aromatic carbocycles. The van der Waals surface area contributed by atoms with E-state index in [1.807, 2.05) is 0 Å². The van der Waals surface area contributed by atoms with Gasteiger partial charge >= 0.3 is 0 Å². The van der Waals surface area contributed by atoms with Gasteiger partial charge in [-0.1, -0.05) is 188 Å². The van der Waals surface area contributed by atoms with Gasteiger partial charge in [-0.15, -0.1) is 0 Å². The first kappa shape index (κ1) is 37.0. The summed E-state index contributed by atoms with van der Waals surface area (Å²) in [7, 11) is 0. The molecule has 0 aliphatic heterocycles. The zero-order chi connectivity index (χ0) is 27.1. The standard InChI is InChI=1S/C36H74O/c1-4-7-10-13-16-21-26-31-36(32-27-22-17-14-11-8-5-2,33-28-23-18-15-12-9-6-3)34-29-24-19-20-25-30-35-37/h37H,4-35H2,1-3H3. The summed E-state index contributed by atoms with van der Waals surface area (Å²) in [6, 6.07) is 0. The van der Waals surface area contributed by atoms with Gasteiger partial charge < -0.3 is 5.11 Å². The number of hydrogen-bond acceptors (Lipinski definition) is 1. The van der Waals surface area contributed by atoms with Gasteiger partial charge in [-0.25, -0.2) is 0 Å².